The highest BCUT2D eigenvalue weighted by molar-refractivity contribution is 5.45. The molecule has 0 saturated carbocycles. The zero-order valence-corrected chi connectivity index (χ0v) is 9.40. The zero-order chi connectivity index (χ0) is 10.9. The summed E-state index contributed by atoms with van der Waals surface area (Å²) in [6, 6.07) is 10.5. The summed E-state index contributed by atoms with van der Waals surface area (Å²) in [5.74, 6) is 0.489. The van der Waals surface area contributed by atoms with Crippen molar-refractivity contribution in [2.45, 2.75) is 26.2 Å². The Balaban J connectivity index is 2.06. The van der Waals surface area contributed by atoms with Gasteiger partial charge < -0.3 is 5.11 Å². The first-order chi connectivity index (χ1) is 7.17. The van der Waals surface area contributed by atoms with Crippen LogP contribution in [0.5, 0.6) is 0 Å². The summed E-state index contributed by atoms with van der Waals surface area (Å²) in [6.45, 7) is 4.72. The van der Waals surface area contributed by atoms with E-state index in [0.717, 1.165) is 6.42 Å². The average Bonchev–Trinajstić information content (AvgIpc) is 2.91. The van der Waals surface area contributed by atoms with Gasteiger partial charge in [-0.1, -0.05) is 55.8 Å². The molecule has 1 aliphatic rings. The van der Waals surface area contributed by atoms with E-state index < -0.39 is 0 Å². The molecule has 0 radical (unpaired) electrons. The van der Waals surface area contributed by atoms with Crippen molar-refractivity contribution in [2.24, 2.45) is 5.41 Å². The van der Waals surface area contributed by atoms with Crippen LogP contribution in [0.4, 0.5) is 0 Å². The second-order valence-electron chi connectivity index (χ2n) is 4.62. The predicted molar refractivity (Wildman–Crippen MR) is 62.7 cm³/mol. The molecule has 1 aromatic carbocycles. The molecule has 1 N–H and O–H groups in total. The van der Waals surface area contributed by atoms with Gasteiger partial charge in [0.05, 0.1) is 0 Å². The molecule has 0 spiro atoms. The van der Waals surface area contributed by atoms with Crippen LogP contribution in [0.25, 0.3) is 0 Å². The van der Waals surface area contributed by atoms with Gasteiger partial charge >= 0.3 is 0 Å². The summed E-state index contributed by atoms with van der Waals surface area (Å²) in [5, 5.41) is 8.98. The fourth-order valence-electron chi connectivity index (χ4n) is 2.30. The molecular formula is C14H18O. The van der Waals surface area contributed by atoms with Crippen LogP contribution in [-0.4, -0.2) is 11.7 Å². The van der Waals surface area contributed by atoms with E-state index in [1.807, 2.05) is 6.07 Å². The smallest absolute Gasteiger partial charge is 0.0442 e. The lowest BCUT2D eigenvalue weighted by Crippen LogP contribution is -2.06. The first-order valence-electron chi connectivity index (χ1n) is 5.56. The predicted octanol–water partition coefficient (Wildman–Crippen LogP) is 3.12. The van der Waals surface area contributed by atoms with Gasteiger partial charge in [-0.3, -0.25) is 0 Å². The van der Waals surface area contributed by atoms with E-state index >= 15 is 0 Å². The van der Waals surface area contributed by atoms with Crippen LogP contribution in [0.2, 0.25) is 0 Å². The monoisotopic (exact) mass is 202 g/mol. The van der Waals surface area contributed by atoms with E-state index in [1.165, 1.54) is 11.1 Å². The van der Waals surface area contributed by atoms with Crippen LogP contribution in [0.3, 0.4) is 0 Å². The lowest BCUT2D eigenvalue weighted by atomic mass is 9.89. The molecule has 1 heteroatoms. The van der Waals surface area contributed by atoms with Crippen LogP contribution in [0.1, 0.15) is 31.7 Å². The fraction of sp³-hybridized carbons (Fsp3) is 0.429. The number of allylic oxidation sites excluding steroid dienone is 2. The largest absolute Gasteiger partial charge is 0.396 e. The molecule has 0 heterocycles. The molecule has 15 heavy (non-hydrogen) atoms. The number of hydrogen-bond acceptors (Lipinski definition) is 1. The molecule has 2 rings (SSSR count). The quantitative estimate of drug-likeness (QED) is 0.744. The van der Waals surface area contributed by atoms with Gasteiger partial charge in [0.25, 0.3) is 0 Å². The van der Waals surface area contributed by atoms with Gasteiger partial charge in [0.2, 0.25) is 0 Å². The maximum absolute atomic E-state index is 8.98. The number of aliphatic hydroxyl groups excluding tert-OH is 1. The Kier molecular flexibility index (Phi) is 2.66. The molecule has 1 unspecified atom stereocenters. The standard InChI is InChI=1S/C14H18O/c1-11(12-6-4-3-5-7-12)13-10-14(13,2)8-9-15/h3-7,10-11,15H,8-9H2,1-2H3/t11?,14-/m0/s1. The first-order valence-corrected chi connectivity index (χ1v) is 5.56. The fourth-order valence-corrected chi connectivity index (χ4v) is 2.30. The van der Waals surface area contributed by atoms with Crippen LogP contribution in [0.15, 0.2) is 42.0 Å². The Bertz CT molecular complexity index is 366. The van der Waals surface area contributed by atoms with Crippen molar-refractivity contribution in [3.8, 4) is 0 Å². The van der Waals surface area contributed by atoms with Crippen LogP contribution in [-0.2, 0) is 0 Å². The number of aliphatic hydroxyl groups is 1. The van der Waals surface area contributed by atoms with E-state index in [4.69, 9.17) is 5.11 Å². The average molecular weight is 202 g/mol. The molecule has 1 aromatic rings. The minimum atomic E-state index is 0.185. The maximum Gasteiger partial charge on any atom is 0.0442 e. The van der Waals surface area contributed by atoms with Gasteiger partial charge in [0.1, 0.15) is 0 Å². The van der Waals surface area contributed by atoms with Crippen molar-refractivity contribution >= 4 is 0 Å². The van der Waals surface area contributed by atoms with Gasteiger partial charge in [-0.2, -0.15) is 0 Å². The van der Waals surface area contributed by atoms with Gasteiger partial charge in [0, 0.05) is 17.9 Å². The second kappa shape index (κ2) is 3.82. The number of benzene rings is 1. The van der Waals surface area contributed by atoms with Gasteiger partial charge in [-0.25, -0.2) is 0 Å². The van der Waals surface area contributed by atoms with Gasteiger partial charge in [-0.05, 0) is 12.0 Å². The molecule has 0 fully saturated rings. The Morgan fingerprint density at radius 3 is 2.53 bits per heavy atom. The Labute approximate surface area is 91.4 Å². The molecule has 0 amide bonds. The summed E-state index contributed by atoms with van der Waals surface area (Å²) in [7, 11) is 0. The first kappa shape index (κ1) is 10.4. The van der Waals surface area contributed by atoms with Crippen molar-refractivity contribution in [3.63, 3.8) is 0 Å². The third-order valence-corrected chi connectivity index (χ3v) is 3.45. The van der Waals surface area contributed by atoms with Gasteiger partial charge in [-0.15, -0.1) is 0 Å². The topological polar surface area (TPSA) is 20.2 Å². The number of rotatable bonds is 4. The highest BCUT2D eigenvalue weighted by atomic mass is 16.3. The third kappa shape index (κ3) is 1.98. The van der Waals surface area contributed by atoms with E-state index in [9.17, 15) is 0 Å². The van der Waals surface area contributed by atoms with Crippen molar-refractivity contribution in [1.82, 2.24) is 0 Å². The maximum atomic E-state index is 8.98. The van der Waals surface area contributed by atoms with E-state index in [2.05, 4.69) is 44.2 Å². The van der Waals surface area contributed by atoms with Crippen LogP contribution >= 0.6 is 0 Å². The second-order valence-corrected chi connectivity index (χ2v) is 4.62. The lowest BCUT2D eigenvalue weighted by molar-refractivity contribution is 0.260. The van der Waals surface area contributed by atoms with Crippen LogP contribution < -0.4 is 0 Å². The van der Waals surface area contributed by atoms with E-state index in [0.29, 0.717) is 5.92 Å². The molecule has 0 saturated heterocycles. The van der Waals surface area contributed by atoms with E-state index in [1.54, 1.807) is 0 Å². The molecule has 0 aromatic heterocycles. The molecule has 0 aliphatic heterocycles. The minimum Gasteiger partial charge on any atom is -0.396 e. The highest BCUT2D eigenvalue weighted by Gasteiger charge is 2.41. The van der Waals surface area contributed by atoms with E-state index in [-0.39, 0.29) is 12.0 Å². The lowest BCUT2D eigenvalue weighted by Gasteiger charge is -2.16. The zero-order valence-electron chi connectivity index (χ0n) is 9.40. The van der Waals surface area contributed by atoms with Crippen molar-refractivity contribution in [3.05, 3.63) is 47.5 Å². The SMILES string of the molecule is CC(C1=C[C@]1(C)CCO)c1ccccc1. The molecular weight excluding hydrogens is 184 g/mol. The van der Waals surface area contributed by atoms with Crippen LogP contribution in [0, 0.1) is 5.41 Å². The normalized spacial score (nSPS) is 25.9. The molecule has 2 atom stereocenters. The summed E-state index contributed by atoms with van der Waals surface area (Å²) in [6.07, 6.45) is 3.15. The summed E-state index contributed by atoms with van der Waals surface area (Å²) >= 11 is 0. The third-order valence-electron chi connectivity index (χ3n) is 3.45. The van der Waals surface area contributed by atoms with Gasteiger partial charge in [0.15, 0.2) is 0 Å². The van der Waals surface area contributed by atoms with Crippen molar-refractivity contribution in [2.75, 3.05) is 6.61 Å². The molecule has 0 bridgehead atoms. The Morgan fingerprint density at radius 1 is 1.27 bits per heavy atom. The summed E-state index contributed by atoms with van der Waals surface area (Å²) in [5.41, 5.74) is 3.03. The molecule has 1 aliphatic carbocycles. The molecule has 1 nitrogen and oxygen atoms in total. The Morgan fingerprint density at radius 2 is 1.93 bits per heavy atom. The number of hydrogen-bond donors (Lipinski definition) is 1. The minimum absolute atomic E-state index is 0.185. The van der Waals surface area contributed by atoms with Crippen molar-refractivity contribution in [1.29, 1.82) is 0 Å². The molecule has 80 valence electrons. The summed E-state index contributed by atoms with van der Waals surface area (Å²) in [4.78, 5) is 0. The Hall–Kier alpha value is -1.08. The van der Waals surface area contributed by atoms with Crippen molar-refractivity contribution < 1.29 is 5.11 Å². The highest BCUT2D eigenvalue weighted by Crippen LogP contribution is 2.53. The summed E-state index contributed by atoms with van der Waals surface area (Å²) < 4.78 is 0.